The molecule has 0 saturated carbocycles. The molecule has 0 aliphatic rings. The van der Waals surface area contributed by atoms with Crippen LogP contribution in [0.15, 0.2) is 48.5 Å². The third kappa shape index (κ3) is 3.93. The highest BCUT2D eigenvalue weighted by Crippen LogP contribution is 2.20. The smallest absolute Gasteiger partial charge is 0.248 e. The van der Waals surface area contributed by atoms with E-state index in [1.54, 1.807) is 30.3 Å². The normalized spacial score (nSPS) is 10.8. The van der Waals surface area contributed by atoms with Gasteiger partial charge in [0, 0.05) is 16.8 Å². The van der Waals surface area contributed by atoms with Gasteiger partial charge in [-0.3, -0.25) is 4.79 Å². The standard InChI is InChI=1S/C16H13ClFNO/c1-11-5-7-13(17)10-15(11)19-16(20)8-6-12-3-2-4-14(18)9-12/h2-10H,1H3,(H,19,20). The lowest BCUT2D eigenvalue weighted by Crippen LogP contribution is -2.08. The first kappa shape index (κ1) is 14.3. The van der Waals surface area contributed by atoms with E-state index in [1.165, 1.54) is 18.2 Å². The zero-order chi connectivity index (χ0) is 14.5. The van der Waals surface area contributed by atoms with Crippen molar-refractivity contribution in [3.05, 3.63) is 70.5 Å². The lowest BCUT2D eigenvalue weighted by molar-refractivity contribution is -0.111. The molecule has 2 aromatic carbocycles. The molecular formula is C16H13ClFNO. The van der Waals surface area contributed by atoms with Crippen LogP contribution in [-0.2, 0) is 4.79 Å². The van der Waals surface area contributed by atoms with E-state index in [-0.39, 0.29) is 11.7 Å². The fourth-order valence-corrected chi connectivity index (χ4v) is 1.86. The van der Waals surface area contributed by atoms with Gasteiger partial charge in [-0.15, -0.1) is 0 Å². The van der Waals surface area contributed by atoms with Gasteiger partial charge in [-0.2, -0.15) is 0 Å². The lowest BCUT2D eigenvalue weighted by atomic mass is 10.2. The van der Waals surface area contributed by atoms with Crippen molar-refractivity contribution >= 4 is 29.3 Å². The van der Waals surface area contributed by atoms with E-state index in [0.717, 1.165) is 5.56 Å². The minimum atomic E-state index is -0.335. The van der Waals surface area contributed by atoms with Crippen molar-refractivity contribution in [1.29, 1.82) is 0 Å². The monoisotopic (exact) mass is 289 g/mol. The van der Waals surface area contributed by atoms with Crippen molar-refractivity contribution < 1.29 is 9.18 Å². The minimum Gasteiger partial charge on any atom is -0.322 e. The SMILES string of the molecule is Cc1ccc(Cl)cc1NC(=O)C=Cc1cccc(F)c1. The van der Waals surface area contributed by atoms with E-state index < -0.39 is 0 Å². The number of carbonyl (C=O) groups excluding carboxylic acids is 1. The number of nitrogens with one attached hydrogen (secondary N) is 1. The molecule has 4 heteroatoms. The van der Waals surface area contributed by atoms with E-state index in [9.17, 15) is 9.18 Å². The number of amides is 1. The zero-order valence-electron chi connectivity index (χ0n) is 10.9. The van der Waals surface area contributed by atoms with Crippen molar-refractivity contribution in [2.45, 2.75) is 6.92 Å². The van der Waals surface area contributed by atoms with Crippen LogP contribution in [0.1, 0.15) is 11.1 Å². The van der Waals surface area contributed by atoms with Crippen molar-refractivity contribution in [3.8, 4) is 0 Å². The highest BCUT2D eigenvalue weighted by Gasteiger charge is 2.02. The summed E-state index contributed by atoms with van der Waals surface area (Å²) in [6, 6.07) is 11.3. The molecule has 2 nitrogen and oxygen atoms in total. The summed E-state index contributed by atoms with van der Waals surface area (Å²) in [5.41, 5.74) is 2.20. The predicted octanol–water partition coefficient (Wildman–Crippen LogP) is 4.44. The van der Waals surface area contributed by atoms with Gasteiger partial charge in [0.25, 0.3) is 0 Å². The molecule has 0 spiro atoms. The van der Waals surface area contributed by atoms with E-state index in [2.05, 4.69) is 5.32 Å². The van der Waals surface area contributed by atoms with Crippen LogP contribution in [-0.4, -0.2) is 5.91 Å². The molecule has 0 heterocycles. The number of hydrogen-bond donors (Lipinski definition) is 1. The number of benzene rings is 2. The fraction of sp³-hybridized carbons (Fsp3) is 0.0625. The number of hydrogen-bond acceptors (Lipinski definition) is 1. The number of rotatable bonds is 3. The third-order valence-corrected chi connectivity index (χ3v) is 2.97. The molecule has 0 aliphatic carbocycles. The van der Waals surface area contributed by atoms with Crippen molar-refractivity contribution in [2.75, 3.05) is 5.32 Å². The van der Waals surface area contributed by atoms with Crippen LogP contribution < -0.4 is 5.32 Å². The van der Waals surface area contributed by atoms with Crippen LogP contribution >= 0.6 is 11.6 Å². The molecule has 0 saturated heterocycles. The minimum absolute atomic E-state index is 0.292. The molecule has 0 aromatic heterocycles. The first-order valence-electron chi connectivity index (χ1n) is 6.05. The summed E-state index contributed by atoms with van der Waals surface area (Å²) in [6.45, 7) is 1.88. The largest absolute Gasteiger partial charge is 0.322 e. The summed E-state index contributed by atoms with van der Waals surface area (Å²) in [4.78, 5) is 11.8. The summed E-state index contributed by atoms with van der Waals surface area (Å²) in [5, 5.41) is 3.29. The molecule has 0 aliphatic heterocycles. The topological polar surface area (TPSA) is 29.1 Å². The molecule has 102 valence electrons. The Balaban J connectivity index is 2.07. The van der Waals surface area contributed by atoms with Crippen LogP contribution in [0, 0.1) is 12.7 Å². The van der Waals surface area contributed by atoms with Crippen LogP contribution in [0.4, 0.5) is 10.1 Å². The predicted molar refractivity (Wildman–Crippen MR) is 80.3 cm³/mol. The maximum Gasteiger partial charge on any atom is 0.248 e. The molecule has 1 N–H and O–H groups in total. The van der Waals surface area contributed by atoms with Gasteiger partial charge in [-0.25, -0.2) is 4.39 Å². The maximum atomic E-state index is 13.0. The summed E-state index contributed by atoms with van der Waals surface area (Å²) in [5.74, 6) is -0.627. The Morgan fingerprint density at radius 1 is 1.25 bits per heavy atom. The quantitative estimate of drug-likeness (QED) is 0.832. The number of halogens is 2. The molecule has 1 amide bonds. The molecule has 0 fully saturated rings. The van der Waals surface area contributed by atoms with Gasteiger partial charge in [0.2, 0.25) is 5.91 Å². The summed E-state index contributed by atoms with van der Waals surface area (Å²) >= 11 is 5.88. The molecule has 0 unspecified atom stereocenters. The van der Waals surface area contributed by atoms with Gasteiger partial charge >= 0.3 is 0 Å². The van der Waals surface area contributed by atoms with Crippen LogP contribution in [0.5, 0.6) is 0 Å². The Labute approximate surface area is 121 Å². The fourth-order valence-electron chi connectivity index (χ4n) is 1.69. The highest BCUT2D eigenvalue weighted by molar-refractivity contribution is 6.31. The number of carbonyl (C=O) groups is 1. The van der Waals surface area contributed by atoms with E-state index in [1.807, 2.05) is 13.0 Å². The van der Waals surface area contributed by atoms with E-state index >= 15 is 0 Å². The molecule has 20 heavy (non-hydrogen) atoms. The van der Waals surface area contributed by atoms with Gasteiger partial charge in [0.15, 0.2) is 0 Å². The van der Waals surface area contributed by atoms with Crippen LogP contribution in [0.2, 0.25) is 5.02 Å². The summed E-state index contributed by atoms with van der Waals surface area (Å²) in [6.07, 6.45) is 2.91. The summed E-state index contributed by atoms with van der Waals surface area (Å²) in [7, 11) is 0. The van der Waals surface area contributed by atoms with Crippen molar-refractivity contribution in [3.63, 3.8) is 0 Å². The molecule has 2 rings (SSSR count). The molecular weight excluding hydrogens is 277 g/mol. The first-order chi connectivity index (χ1) is 9.54. The second-order valence-electron chi connectivity index (χ2n) is 4.34. The van der Waals surface area contributed by atoms with Gasteiger partial charge in [0.1, 0.15) is 5.82 Å². The average Bonchev–Trinajstić information content (AvgIpc) is 2.41. The second-order valence-corrected chi connectivity index (χ2v) is 4.77. The number of anilines is 1. The average molecular weight is 290 g/mol. The zero-order valence-corrected chi connectivity index (χ0v) is 11.6. The van der Waals surface area contributed by atoms with Crippen molar-refractivity contribution in [2.24, 2.45) is 0 Å². The van der Waals surface area contributed by atoms with Gasteiger partial charge in [0.05, 0.1) is 0 Å². The molecule has 0 radical (unpaired) electrons. The lowest BCUT2D eigenvalue weighted by Gasteiger charge is -2.06. The van der Waals surface area contributed by atoms with Crippen LogP contribution in [0.3, 0.4) is 0 Å². The van der Waals surface area contributed by atoms with E-state index in [0.29, 0.717) is 16.3 Å². The Kier molecular flexibility index (Phi) is 4.53. The van der Waals surface area contributed by atoms with E-state index in [4.69, 9.17) is 11.6 Å². The molecule has 0 bridgehead atoms. The van der Waals surface area contributed by atoms with Crippen LogP contribution in [0.25, 0.3) is 6.08 Å². The highest BCUT2D eigenvalue weighted by atomic mass is 35.5. The van der Waals surface area contributed by atoms with Gasteiger partial charge in [-0.05, 0) is 48.4 Å². The number of aryl methyl sites for hydroxylation is 1. The third-order valence-electron chi connectivity index (χ3n) is 2.73. The maximum absolute atomic E-state index is 13.0. The molecule has 2 aromatic rings. The Morgan fingerprint density at radius 3 is 2.80 bits per heavy atom. The van der Waals surface area contributed by atoms with Gasteiger partial charge in [-0.1, -0.05) is 29.8 Å². The second kappa shape index (κ2) is 6.35. The summed E-state index contributed by atoms with van der Waals surface area (Å²) < 4.78 is 13.0. The van der Waals surface area contributed by atoms with Gasteiger partial charge < -0.3 is 5.32 Å². The first-order valence-corrected chi connectivity index (χ1v) is 6.43. The Hall–Kier alpha value is -2.13. The van der Waals surface area contributed by atoms with Crippen molar-refractivity contribution in [1.82, 2.24) is 0 Å². The Morgan fingerprint density at radius 2 is 2.05 bits per heavy atom. The molecule has 0 atom stereocenters. The Bertz CT molecular complexity index is 667.